The van der Waals surface area contributed by atoms with E-state index in [0.717, 1.165) is 12.1 Å². The minimum Gasteiger partial charge on any atom is -0.339 e. The van der Waals surface area contributed by atoms with Crippen LogP contribution in [0.1, 0.15) is 35.7 Å². The van der Waals surface area contributed by atoms with Crippen LogP contribution in [0.2, 0.25) is 0 Å². The fourth-order valence-corrected chi connectivity index (χ4v) is 4.20. The van der Waals surface area contributed by atoms with Crippen LogP contribution in [0.4, 0.5) is 10.1 Å². The summed E-state index contributed by atoms with van der Waals surface area (Å²) in [6.07, 6.45) is 2.22. The van der Waals surface area contributed by atoms with Crippen molar-refractivity contribution in [3.8, 4) is 0 Å². The van der Waals surface area contributed by atoms with Gasteiger partial charge in [0, 0.05) is 36.3 Å². The van der Waals surface area contributed by atoms with E-state index < -0.39 is 0 Å². The van der Waals surface area contributed by atoms with Crippen LogP contribution in [-0.2, 0) is 11.2 Å². The first-order valence-electron chi connectivity index (χ1n) is 9.50. The fourth-order valence-electron chi connectivity index (χ4n) is 4.20. The lowest BCUT2D eigenvalue weighted by molar-refractivity contribution is -0.124. The van der Waals surface area contributed by atoms with Gasteiger partial charge in [0.1, 0.15) is 5.82 Å². The Labute approximate surface area is 158 Å². The lowest BCUT2D eigenvalue weighted by Crippen LogP contribution is -2.46. The summed E-state index contributed by atoms with van der Waals surface area (Å²) >= 11 is 0. The highest BCUT2D eigenvalue weighted by molar-refractivity contribution is 5.98. The van der Waals surface area contributed by atoms with Crippen molar-refractivity contribution in [1.82, 2.24) is 4.90 Å². The van der Waals surface area contributed by atoms with Crippen molar-refractivity contribution < 1.29 is 14.0 Å². The Balaban J connectivity index is 1.41. The predicted molar refractivity (Wildman–Crippen MR) is 102 cm³/mol. The molecule has 2 aliphatic rings. The maximum atomic E-state index is 13.1. The van der Waals surface area contributed by atoms with Gasteiger partial charge in [-0.2, -0.15) is 0 Å². The summed E-state index contributed by atoms with van der Waals surface area (Å²) in [4.78, 5) is 29.4. The first-order valence-corrected chi connectivity index (χ1v) is 9.50. The van der Waals surface area contributed by atoms with Gasteiger partial charge >= 0.3 is 0 Å². The second-order valence-electron chi connectivity index (χ2n) is 7.46. The number of rotatable bonds is 2. The van der Waals surface area contributed by atoms with Gasteiger partial charge < -0.3 is 9.80 Å². The summed E-state index contributed by atoms with van der Waals surface area (Å²) in [6.45, 7) is 3.19. The number of carbonyl (C=O) groups is 2. The van der Waals surface area contributed by atoms with Crippen LogP contribution >= 0.6 is 0 Å². The Morgan fingerprint density at radius 1 is 1.00 bits per heavy atom. The van der Waals surface area contributed by atoms with Crippen LogP contribution in [0.15, 0.2) is 48.5 Å². The molecule has 0 aliphatic carbocycles. The molecule has 0 bridgehead atoms. The third-order valence-electron chi connectivity index (χ3n) is 5.67. The highest BCUT2D eigenvalue weighted by Crippen LogP contribution is 2.34. The molecule has 5 heteroatoms. The maximum Gasteiger partial charge on any atom is 0.253 e. The second-order valence-corrected chi connectivity index (χ2v) is 7.46. The first kappa shape index (κ1) is 17.7. The molecule has 2 aliphatic heterocycles. The van der Waals surface area contributed by atoms with Crippen LogP contribution in [0.5, 0.6) is 0 Å². The molecule has 4 rings (SSSR count). The standard InChI is InChI=1S/C22H23FN2O2/c1-15-14-18-4-2-3-5-20(18)25(15)22(27)17-10-12-24(13-11-17)21(26)16-6-8-19(23)9-7-16/h2-9,15,17H,10-14H2,1H3/t15-/m0/s1. The molecule has 0 unspecified atom stereocenters. The summed E-state index contributed by atoms with van der Waals surface area (Å²) in [6, 6.07) is 13.9. The smallest absolute Gasteiger partial charge is 0.253 e. The molecule has 0 spiro atoms. The normalized spacial score (nSPS) is 19.9. The van der Waals surface area contributed by atoms with Crippen LogP contribution in [0, 0.1) is 11.7 Å². The Hall–Kier alpha value is -2.69. The van der Waals surface area contributed by atoms with Crippen molar-refractivity contribution in [1.29, 1.82) is 0 Å². The van der Waals surface area contributed by atoms with Gasteiger partial charge in [0.25, 0.3) is 5.91 Å². The zero-order valence-electron chi connectivity index (χ0n) is 15.4. The van der Waals surface area contributed by atoms with Gasteiger partial charge in [0.2, 0.25) is 5.91 Å². The highest BCUT2D eigenvalue weighted by atomic mass is 19.1. The van der Waals surface area contributed by atoms with E-state index in [9.17, 15) is 14.0 Å². The van der Waals surface area contributed by atoms with Crippen molar-refractivity contribution in [3.05, 3.63) is 65.5 Å². The molecule has 0 aromatic heterocycles. The number of fused-ring (bicyclic) bond motifs is 1. The van der Waals surface area contributed by atoms with Gasteiger partial charge in [0.05, 0.1) is 0 Å². The largest absolute Gasteiger partial charge is 0.339 e. The molecule has 4 nitrogen and oxygen atoms in total. The Morgan fingerprint density at radius 3 is 2.37 bits per heavy atom. The number of anilines is 1. The van der Waals surface area contributed by atoms with Crippen molar-refractivity contribution in [2.75, 3.05) is 18.0 Å². The van der Waals surface area contributed by atoms with E-state index in [0.29, 0.717) is 31.5 Å². The maximum absolute atomic E-state index is 13.1. The van der Waals surface area contributed by atoms with Crippen LogP contribution in [0.3, 0.4) is 0 Å². The molecule has 1 fully saturated rings. The molecule has 0 saturated carbocycles. The summed E-state index contributed by atoms with van der Waals surface area (Å²) in [7, 11) is 0. The van der Waals surface area contributed by atoms with E-state index in [1.807, 2.05) is 23.1 Å². The predicted octanol–water partition coefficient (Wildman–Crippen LogP) is 3.66. The fraction of sp³-hybridized carbons (Fsp3) is 0.364. The summed E-state index contributed by atoms with van der Waals surface area (Å²) in [5, 5.41) is 0. The first-order chi connectivity index (χ1) is 13.0. The van der Waals surface area contributed by atoms with Crippen molar-refractivity contribution in [3.63, 3.8) is 0 Å². The quantitative estimate of drug-likeness (QED) is 0.814. The monoisotopic (exact) mass is 366 g/mol. The molecule has 140 valence electrons. The number of hydrogen-bond donors (Lipinski definition) is 0. The van der Waals surface area contributed by atoms with Crippen molar-refractivity contribution >= 4 is 17.5 Å². The molecule has 2 aromatic rings. The third-order valence-corrected chi connectivity index (χ3v) is 5.67. The average Bonchev–Trinajstić information content (AvgIpc) is 3.03. The second kappa shape index (κ2) is 7.14. The van der Waals surface area contributed by atoms with Crippen molar-refractivity contribution in [2.45, 2.75) is 32.2 Å². The molecule has 2 heterocycles. The van der Waals surface area contributed by atoms with Crippen molar-refractivity contribution in [2.24, 2.45) is 5.92 Å². The molecule has 1 atom stereocenters. The van der Waals surface area contributed by atoms with Gasteiger partial charge in [-0.05, 0) is 62.1 Å². The van der Waals surface area contributed by atoms with E-state index in [4.69, 9.17) is 0 Å². The SMILES string of the molecule is C[C@H]1Cc2ccccc2N1C(=O)C1CCN(C(=O)c2ccc(F)cc2)CC1. The number of nitrogens with zero attached hydrogens (tertiary/aromatic N) is 2. The number of benzene rings is 2. The van der Waals surface area contributed by atoms with Gasteiger partial charge in [-0.25, -0.2) is 4.39 Å². The van der Waals surface area contributed by atoms with Crippen LogP contribution < -0.4 is 4.90 Å². The summed E-state index contributed by atoms with van der Waals surface area (Å²) < 4.78 is 13.1. The topological polar surface area (TPSA) is 40.6 Å². The molecular formula is C22H23FN2O2. The van der Waals surface area contributed by atoms with E-state index in [-0.39, 0.29) is 29.6 Å². The van der Waals surface area contributed by atoms with Gasteiger partial charge in [-0.1, -0.05) is 18.2 Å². The summed E-state index contributed by atoms with van der Waals surface area (Å²) in [5.74, 6) is -0.339. The zero-order chi connectivity index (χ0) is 19.0. The van der Waals surface area contributed by atoms with Gasteiger partial charge in [0.15, 0.2) is 0 Å². The molecule has 0 radical (unpaired) electrons. The minimum atomic E-state index is -0.351. The number of para-hydroxylation sites is 1. The van der Waals surface area contributed by atoms with Crippen LogP contribution in [-0.4, -0.2) is 35.8 Å². The minimum absolute atomic E-state index is 0.0594. The number of likely N-dealkylation sites (tertiary alicyclic amines) is 1. The number of amides is 2. The Bertz CT molecular complexity index is 857. The Kier molecular flexibility index (Phi) is 4.68. The van der Waals surface area contributed by atoms with E-state index in [2.05, 4.69) is 13.0 Å². The lowest BCUT2D eigenvalue weighted by Gasteiger charge is -2.34. The van der Waals surface area contributed by atoms with Gasteiger partial charge in [-0.3, -0.25) is 9.59 Å². The zero-order valence-corrected chi connectivity index (χ0v) is 15.4. The molecule has 0 N–H and O–H groups in total. The highest BCUT2D eigenvalue weighted by Gasteiger charge is 2.36. The van der Waals surface area contributed by atoms with Gasteiger partial charge in [-0.15, -0.1) is 0 Å². The molecule has 27 heavy (non-hydrogen) atoms. The van der Waals surface area contributed by atoms with Crippen LogP contribution in [0.25, 0.3) is 0 Å². The van der Waals surface area contributed by atoms with E-state index in [1.54, 1.807) is 4.90 Å². The summed E-state index contributed by atoms with van der Waals surface area (Å²) in [5.41, 5.74) is 2.74. The molecule has 2 aromatic carbocycles. The average molecular weight is 366 g/mol. The number of hydrogen-bond acceptors (Lipinski definition) is 2. The van der Waals surface area contributed by atoms with E-state index >= 15 is 0 Å². The molecule has 1 saturated heterocycles. The Morgan fingerprint density at radius 2 is 1.67 bits per heavy atom. The molecule has 2 amide bonds. The molecular weight excluding hydrogens is 343 g/mol. The van der Waals surface area contributed by atoms with E-state index in [1.165, 1.54) is 29.8 Å². The number of carbonyl (C=O) groups excluding carboxylic acids is 2. The lowest BCUT2D eigenvalue weighted by atomic mass is 9.94. The number of halogens is 1. The third kappa shape index (κ3) is 3.34. The number of piperidine rings is 1.